The molecule has 0 fully saturated rings. The summed E-state index contributed by atoms with van der Waals surface area (Å²) in [6, 6.07) is 18.1. The van der Waals surface area contributed by atoms with Gasteiger partial charge < -0.3 is 9.72 Å². The summed E-state index contributed by atoms with van der Waals surface area (Å²) in [4.78, 5) is 17.8. The Balaban J connectivity index is 1.57. The van der Waals surface area contributed by atoms with Crippen LogP contribution in [0, 0.1) is 0 Å². The molecule has 0 atom stereocenters. The molecule has 5 heteroatoms. The molecule has 0 unspecified atom stereocenters. The maximum atomic E-state index is 12.3. The van der Waals surface area contributed by atoms with Crippen LogP contribution in [0.1, 0.15) is 15.4 Å². The highest BCUT2D eigenvalue weighted by molar-refractivity contribution is 7.09. The lowest BCUT2D eigenvalue weighted by Gasteiger charge is -2.01. The van der Waals surface area contributed by atoms with Crippen molar-refractivity contribution in [3.63, 3.8) is 0 Å². The third kappa shape index (κ3) is 2.94. The Kier molecular flexibility index (Phi) is 3.84. The standard InChI is InChI=1S/C19H15N3OS/c23-19(20-11-16-7-4-10-24-16)17-13-22-12-15(8-9-18(22)21-17)14-5-2-1-3-6-14/h1-10,12-13H,11H2,(H,20,23). The minimum Gasteiger partial charge on any atom is -0.346 e. The number of amides is 1. The van der Waals surface area contributed by atoms with Crippen LogP contribution in [0.4, 0.5) is 0 Å². The first-order valence-electron chi connectivity index (χ1n) is 7.64. The maximum absolute atomic E-state index is 12.3. The normalized spacial score (nSPS) is 10.8. The van der Waals surface area contributed by atoms with E-state index in [4.69, 9.17) is 0 Å². The molecule has 4 aromatic rings. The van der Waals surface area contributed by atoms with Gasteiger partial charge >= 0.3 is 0 Å². The van der Waals surface area contributed by atoms with Crippen LogP contribution in [-0.4, -0.2) is 15.3 Å². The SMILES string of the molecule is O=C(NCc1cccs1)c1cn2cc(-c3ccccc3)ccc2n1. The van der Waals surface area contributed by atoms with Crippen molar-refractivity contribution < 1.29 is 4.79 Å². The molecule has 1 N–H and O–H groups in total. The van der Waals surface area contributed by atoms with Crippen LogP contribution in [0.5, 0.6) is 0 Å². The molecular formula is C19H15N3OS. The summed E-state index contributed by atoms with van der Waals surface area (Å²) in [5.74, 6) is -0.159. The molecule has 4 nitrogen and oxygen atoms in total. The third-order valence-electron chi connectivity index (χ3n) is 3.79. The largest absolute Gasteiger partial charge is 0.346 e. The Hall–Kier alpha value is -2.92. The lowest BCUT2D eigenvalue weighted by atomic mass is 10.1. The van der Waals surface area contributed by atoms with Crippen LogP contribution in [0.2, 0.25) is 0 Å². The van der Waals surface area contributed by atoms with Crippen molar-refractivity contribution in [2.45, 2.75) is 6.54 Å². The van der Waals surface area contributed by atoms with Crippen molar-refractivity contribution >= 4 is 22.9 Å². The number of hydrogen-bond donors (Lipinski definition) is 1. The van der Waals surface area contributed by atoms with Crippen LogP contribution in [0.3, 0.4) is 0 Å². The topological polar surface area (TPSA) is 46.4 Å². The molecule has 24 heavy (non-hydrogen) atoms. The number of benzene rings is 1. The van der Waals surface area contributed by atoms with Gasteiger partial charge in [0.25, 0.3) is 5.91 Å². The van der Waals surface area contributed by atoms with E-state index in [0.717, 1.165) is 21.7 Å². The summed E-state index contributed by atoms with van der Waals surface area (Å²) < 4.78 is 1.89. The van der Waals surface area contributed by atoms with Gasteiger partial charge in [-0.05, 0) is 34.7 Å². The van der Waals surface area contributed by atoms with Crippen LogP contribution < -0.4 is 5.32 Å². The van der Waals surface area contributed by atoms with Crippen molar-refractivity contribution in [2.24, 2.45) is 0 Å². The molecule has 1 aromatic carbocycles. The number of pyridine rings is 1. The Labute approximate surface area is 143 Å². The van der Waals surface area contributed by atoms with Gasteiger partial charge in [0, 0.05) is 17.3 Å². The molecule has 0 aliphatic heterocycles. The molecule has 0 saturated carbocycles. The van der Waals surface area contributed by atoms with E-state index in [0.29, 0.717) is 12.2 Å². The first kappa shape index (κ1) is 14.7. The first-order valence-corrected chi connectivity index (χ1v) is 8.52. The van der Waals surface area contributed by atoms with E-state index >= 15 is 0 Å². The van der Waals surface area contributed by atoms with Gasteiger partial charge in [0.05, 0.1) is 6.54 Å². The summed E-state index contributed by atoms with van der Waals surface area (Å²) in [6.45, 7) is 0.527. The maximum Gasteiger partial charge on any atom is 0.271 e. The first-order chi connectivity index (χ1) is 11.8. The van der Waals surface area contributed by atoms with Crippen molar-refractivity contribution in [1.82, 2.24) is 14.7 Å². The molecule has 0 saturated heterocycles. The van der Waals surface area contributed by atoms with Gasteiger partial charge in [0.1, 0.15) is 11.3 Å². The average molecular weight is 333 g/mol. The number of carbonyl (C=O) groups excluding carboxylic acids is 1. The number of nitrogens with zero attached hydrogens (tertiary/aromatic N) is 2. The molecule has 1 amide bonds. The summed E-state index contributed by atoms with van der Waals surface area (Å²) in [7, 11) is 0. The monoisotopic (exact) mass is 333 g/mol. The smallest absolute Gasteiger partial charge is 0.271 e. The number of nitrogens with one attached hydrogen (secondary N) is 1. The number of thiophene rings is 1. The molecular weight excluding hydrogens is 318 g/mol. The average Bonchev–Trinajstić information content (AvgIpc) is 3.29. The summed E-state index contributed by atoms with van der Waals surface area (Å²) in [5.41, 5.74) is 3.41. The third-order valence-corrected chi connectivity index (χ3v) is 4.67. The van der Waals surface area contributed by atoms with Gasteiger partial charge in [0.2, 0.25) is 0 Å². The zero-order valence-electron chi connectivity index (χ0n) is 12.8. The second-order valence-electron chi connectivity index (χ2n) is 5.44. The minimum absolute atomic E-state index is 0.159. The predicted octanol–water partition coefficient (Wildman–Crippen LogP) is 3.99. The highest BCUT2D eigenvalue weighted by atomic mass is 32.1. The van der Waals surface area contributed by atoms with Gasteiger partial charge in [-0.15, -0.1) is 11.3 Å². The zero-order valence-corrected chi connectivity index (χ0v) is 13.7. The quantitative estimate of drug-likeness (QED) is 0.614. The lowest BCUT2D eigenvalue weighted by Crippen LogP contribution is -2.22. The van der Waals surface area contributed by atoms with E-state index in [1.165, 1.54) is 0 Å². The Morgan fingerprint density at radius 1 is 1.00 bits per heavy atom. The number of hydrogen-bond acceptors (Lipinski definition) is 3. The number of aromatic nitrogens is 2. The Morgan fingerprint density at radius 2 is 1.88 bits per heavy atom. The molecule has 118 valence electrons. The number of fused-ring (bicyclic) bond motifs is 1. The van der Waals surface area contributed by atoms with E-state index in [1.807, 2.05) is 58.4 Å². The van der Waals surface area contributed by atoms with Gasteiger partial charge in [-0.1, -0.05) is 36.4 Å². The number of rotatable bonds is 4. The number of carbonyl (C=O) groups is 1. The Bertz CT molecular complexity index is 974. The van der Waals surface area contributed by atoms with Crippen LogP contribution in [0.15, 0.2) is 72.4 Å². The van der Waals surface area contributed by atoms with Gasteiger partial charge in [-0.2, -0.15) is 0 Å². The minimum atomic E-state index is -0.159. The van der Waals surface area contributed by atoms with Crippen molar-refractivity contribution in [1.29, 1.82) is 0 Å². The predicted molar refractivity (Wildman–Crippen MR) is 96.1 cm³/mol. The fourth-order valence-electron chi connectivity index (χ4n) is 2.57. The summed E-state index contributed by atoms with van der Waals surface area (Å²) in [5, 5.41) is 4.90. The highest BCUT2D eigenvalue weighted by Gasteiger charge is 2.11. The van der Waals surface area contributed by atoms with Crippen molar-refractivity contribution in [2.75, 3.05) is 0 Å². The molecule has 3 heterocycles. The van der Waals surface area contributed by atoms with E-state index in [-0.39, 0.29) is 5.91 Å². The zero-order chi connectivity index (χ0) is 16.4. The molecule has 0 aliphatic carbocycles. The molecule has 4 rings (SSSR count). The highest BCUT2D eigenvalue weighted by Crippen LogP contribution is 2.20. The fraction of sp³-hybridized carbons (Fsp3) is 0.0526. The second kappa shape index (κ2) is 6.29. The molecule has 3 aromatic heterocycles. The summed E-state index contributed by atoms with van der Waals surface area (Å²) >= 11 is 1.62. The van der Waals surface area contributed by atoms with Crippen LogP contribution in [-0.2, 0) is 6.54 Å². The van der Waals surface area contributed by atoms with E-state index < -0.39 is 0 Å². The van der Waals surface area contributed by atoms with Crippen LogP contribution in [0.25, 0.3) is 16.8 Å². The van der Waals surface area contributed by atoms with Gasteiger partial charge in [-0.25, -0.2) is 4.98 Å². The molecule has 0 aliphatic rings. The van der Waals surface area contributed by atoms with E-state index in [2.05, 4.69) is 22.4 Å². The lowest BCUT2D eigenvalue weighted by molar-refractivity contribution is 0.0947. The van der Waals surface area contributed by atoms with E-state index in [9.17, 15) is 4.79 Å². The van der Waals surface area contributed by atoms with E-state index in [1.54, 1.807) is 17.5 Å². The Morgan fingerprint density at radius 3 is 2.67 bits per heavy atom. The van der Waals surface area contributed by atoms with Crippen LogP contribution >= 0.6 is 11.3 Å². The second-order valence-corrected chi connectivity index (χ2v) is 6.47. The molecule has 0 bridgehead atoms. The molecule has 0 radical (unpaired) electrons. The number of imidazole rings is 1. The van der Waals surface area contributed by atoms with Crippen molar-refractivity contribution in [3.8, 4) is 11.1 Å². The molecule has 0 spiro atoms. The van der Waals surface area contributed by atoms with Crippen molar-refractivity contribution in [3.05, 3.63) is 82.9 Å². The fourth-order valence-corrected chi connectivity index (χ4v) is 3.22. The summed E-state index contributed by atoms with van der Waals surface area (Å²) in [6.07, 6.45) is 3.76. The van der Waals surface area contributed by atoms with Gasteiger partial charge in [0.15, 0.2) is 0 Å². The van der Waals surface area contributed by atoms with Gasteiger partial charge in [-0.3, -0.25) is 4.79 Å².